The number of hydrogen-bond donors (Lipinski definition) is 1. The Morgan fingerprint density at radius 1 is 1.05 bits per heavy atom. The third-order valence-corrected chi connectivity index (χ3v) is 2.81. The highest BCUT2D eigenvalue weighted by Crippen LogP contribution is 2.44. The summed E-state index contributed by atoms with van der Waals surface area (Å²) in [7, 11) is 1.39. The summed E-state index contributed by atoms with van der Waals surface area (Å²) in [6.07, 6.45) is -5.69. The van der Waals surface area contributed by atoms with E-state index in [1.54, 1.807) is 13.8 Å². The second-order valence-corrected chi connectivity index (χ2v) is 4.29. The molecular formula is C12H14F5NO. The first-order valence-electron chi connectivity index (χ1n) is 5.37. The van der Waals surface area contributed by atoms with Crippen LogP contribution in [0.5, 0.6) is 5.75 Å². The van der Waals surface area contributed by atoms with Crippen LogP contribution in [0.3, 0.4) is 0 Å². The number of aryl methyl sites for hydroxylation is 2. The van der Waals surface area contributed by atoms with E-state index in [1.807, 2.05) is 0 Å². The predicted molar refractivity (Wildman–Crippen MR) is 60.4 cm³/mol. The van der Waals surface area contributed by atoms with Crippen molar-refractivity contribution in [3.63, 3.8) is 0 Å². The van der Waals surface area contributed by atoms with E-state index in [2.05, 4.69) is 0 Å². The highest BCUT2D eigenvalue weighted by atomic mass is 19.4. The first kappa shape index (κ1) is 15.7. The number of nitrogens with two attached hydrogens (primary N) is 1. The zero-order valence-corrected chi connectivity index (χ0v) is 10.6. The Labute approximate surface area is 107 Å². The molecule has 0 aliphatic heterocycles. The van der Waals surface area contributed by atoms with Crippen LogP contribution in [0.1, 0.15) is 22.7 Å². The summed E-state index contributed by atoms with van der Waals surface area (Å²) in [4.78, 5) is 0. The number of ether oxygens (including phenoxy) is 1. The van der Waals surface area contributed by atoms with Gasteiger partial charge in [0.2, 0.25) is 0 Å². The molecule has 0 aromatic heterocycles. The Hall–Kier alpha value is -1.37. The van der Waals surface area contributed by atoms with E-state index < -0.39 is 18.1 Å². The van der Waals surface area contributed by atoms with Crippen LogP contribution in [0, 0.1) is 13.8 Å². The Balaban J connectivity index is 3.25. The fraction of sp³-hybridized carbons (Fsp3) is 0.500. The fourth-order valence-corrected chi connectivity index (χ4v) is 1.87. The van der Waals surface area contributed by atoms with Gasteiger partial charge in [0.05, 0.1) is 7.11 Å². The minimum atomic E-state index is -5.69. The van der Waals surface area contributed by atoms with Crippen molar-refractivity contribution in [1.29, 1.82) is 0 Å². The fourth-order valence-electron chi connectivity index (χ4n) is 1.87. The largest absolute Gasteiger partial charge is 0.496 e. The Morgan fingerprint density at radius 2 is 1.47 bits per heavy atom. The summed E-state index contributed by atoms with van der Waals surface area (Å²) >= 11 is 0. The first-order valence-corrected chi connectivity index (χ1v) is 5.37. The van der Waals surface area contributed by atoms with Gasteiger partial charge in [-0.05, 0) is 30.5 Å². The second kappa shape index (κ2) is 4.96. The lowest BCUT2D eigenvalue weighted by atomic mass is 9.96. The molecule has 1 aromatic carbocycles. The third-order valence-electron chi connectivity index (χ3n) is 2.81. The van der Waals surface area contributed by atoms with Gasteiger partial charge in [-0.2, -0.15) is 22.0 Å². The summed E-state index contributed by atoms with van der Waals surface area (Å²) in [5, 5.41) is 0. The molecule has 1 aromatic rings. The van der Waals surface area contributed by atoms with Gasteiger partial charge in [0.15, 0.2) is 0 Å². The van der Waals surface area contributed by atoms with E-state index in [4.69, 9.17) is 10.5 Å². The molecule has 7 heteroatoms. The molecule has 108 valence electrons. The molecule has 0 heterocycles. The van der Waals surface area contributed by atoms with Gasteiger partial charge in [-0.1, -0.05) is 12.1 Å². The summed E-state index contributed by atoms with van der Waals surface area (Å²) in [5.74, 6) is -4.55. The van der Waals surface area contributed by atoms with Crippen molar-refractivity contribution < 1.29 is 26.7 Å². The summed E-state index contributed by atoms with van der Waals surface area (Å²) < 4.78 is 68.1. The van der Waals surface area contributed by atoms with Gasteiger partial charge in [0, 0.05) is 0 Å². The van der Waals surface area contributed by atoms with E-state index in [1.165, 1.54) is 19.2 Å². The number of alkyl halides is 5. The molecule has 0 saturated carbocycles. The van der Waals surface area contributed by atoms with Gasteiger partial charge in [-0.15, -0.1) is 0 Å². The van der Waals surface area contributed by atoms with E-state index in [0.717, 1.165) is 0 Å². The third kappa shape index (κ3) is 2.80. The molecule has 2 N–H and O–H groups in total. The molecular weight excluding hydrogens is 269 g/mol. The number of hydrogen-bond acceptors (Lipinski definition) is 2. The van der Waals surface area contributed by atoms with E-state index in [0.29, 0.717) is 16.9 Å². The molecule has 0 radical (unpaired) electrons. The molecule has 0 bridgehead atoms. The lowest BCUT2D eigenvalue weighted by Gasteiger charge is -2.26. The molecule has 1 rings (SSSR count). The minimum Gasteiger partial charge on any atom is -0.496 e. The molecule has 19 heavy (non-hydrogen) atoms. The standard InChI is InChI=1S/C12H14F5NO/c1-6-4-8(5-7(2)9(6)19-3)10(18)11(13,14)12(15,16)17/h4-5,10H,18H2,1-3H3. The predicted octanol–water partition coefficient (Wildman–Crippen LogP) is 3.51. The van der Waals surface area contributed by atoms with Crippen LogP contribution in [-0.4, -0.2) is 19.2 Å². The van der Waals surface area contributed by atoms with Gasteiger partial charge in [0.1, 0.15) is 11.8 Å². The molecule has 1 atom stereocenters. The van der Waals surface area contributed by atoms with Gasteiger partial charge < -0.3 is 10.5 Å². The summed E-state index contributed by atoms with van der Waals surface area (Å²) in [6.45, 7) is 3.10. The molecule has 0 fully saturated rings. The highest BCUT2D eigenvalue weighted by Gasteiger charge is 2.61. The number of benzene rings is 1. The highest BCUT2D eigenvalue weighted by molar-refractivity contribution is 5.44. The average molecular weight is 283 g/mol. The molecule has 0 aliphatic rings. The zero-order valence-electron chi connectivity index (χ0n) is 10.6. The summed E-state index contributed by atoms with van der Waals surface area (Å²) in [5.41, 5.74) is 5.70. The lowest BCUT2D eigenvalue weighted by molar-refractivity contribution is -0.291. The van der Waals surface area contributed by atoms with E-state index in [9.17, 15) is 22.0 Å². The monoisotopic (exact) mass is 283 g/mol. The number of methoxy groups -OCH3 is 1. The quantitative estimate of drug-likeness (QED) is 0.862. The molecule has 0 spiro atoms. The normalized spacial score (nSPS) is 14.4. The molecule has 0 aliphatic carbocycles. The maximum Gasteiger partial charge on any atom is 0.455 e. The van der Waals surface area contributed by atoms with Crippen LogP contribution in [0.4, 0.5) is 22.0 Å². The van der Waals surface area contributed by atoms with Crippen molar-refractivity contribution in [1.82, 2.24) is 0 Å². The smallest absolute Gasteiger partial charge is 0.455 e. The average Bonchev–Trinajstić information content (AvgIpc) is 2.25. The van der Waals surface area contributed by atoms with Crippen LogP contribution < -0.4 is 10.5 Å². The topological polar surface area (TPSA) is 35.2 Å². The first-order chi connectivity index (χ1) is 8.52. The Morgan fingerprint density at radius 3 is 1.79 bits per heavy atom. The second-order valence-electron chi connectivity index (χ2n) is 4.29. The van der Waals surface area contributed by atoms with Crippen LogP contribution in [0.25, 0.3) is 0 Å². The van der Waals surface area contributed by atoms with Crippen LogP contribution in [0.15, 0.2) is 12.1 Å². The van der Waals surface area contributed by atoms with Gasteiger partial charge in [-0.3, -0.25) is 0 Å². The van der Waals surface area contributed by atoms with Gasteiger partial charge in [-0.25, -0.2) is 0 Å². The van der Waals surface area contributed by atoms with Crippen LogP contribution in [-0.2, 0) is 0 Å². The lowest BCUT2D eigenvalue weighted by Crippen LogP contribution is -2.45. The molecule has 0 saturated heterocycles. The summed E-state index contributed by atoms with van der Waals surface area (Å²) in [6, 6.07) is -0.0949. The number of halogens is 5. The Bertz CT molecular complexity index is 447. The maximum absolute atomic E-state index is 13.2. The molecule has 1 unspecified atom stereocenters. The van der Waals surface area contributed by atoms with Crippen molar-refractivity contribution in [2.45, 2.75) is 32.0 Å². The van der Waals surface area contributed by atoms with Gasteiger partial charge in [0.25, 0.3) is 0 Å². The number of rotatable bonds is 3. The van der Waals surface area contributed by atoms with Crippen LogP contribution in [0.2, 0.25) is 0 Å². The van der Waals surface area contributed by atoms with Crippen molar-refractivity contribution in [2.75, 3.05) is 7.11 Å². The zero-order chi connectivity index (χ0) is 15.0. The maximum atomic E-state index is 13.2. The minimum absolute atomic E-state index is 0.280. The van der Waals surface area contributed by atoms with Crippen molar-refractivity contribution in [3.05, 3.63) is 28.8 Å². The van der Waals surface area contributed by atoms with Crippen molar-refractivity contribution in [2.24, 2.45) is 5.73 Å². The van der Waals surface area contributed by atoms with Gasteiger partial charge >= 0.3 is 12.1 Å². The van der Waals surface area contributed by atoms with E-state index >= 15 is 0 Å². The van der Waals surface area contributed by atoms with E-state index in [-0.39, 0.29) is 5.56 Å². The molecule has 2 nitrogen and oxygen atoms in total. The van der Waals surface area contributed by atoms with Crippen molar-refractivity contribution in [3.8, 4) is 5.75 Å². The van der Waals surface area contributed by atoms with Crippen LogP contribution >= 0.6 is 0 Å². The Kier molecular flexibility index (Phi) is 4.09. The van der Waals surface area contributed by atoms with Crippen molar-refractivity contribution >= 4 is 0 Å². The SMILES string of the molecule is COc1c(C)cc(C(N)C(F)(F)C(F)(F)F)cc1C. The molecule has 0 amide bonds.